The van der Waals surface area contributed by atoms with Crippen LogP contribution in [-0.4, -0.2) is 30.4 Å². The smallest absolute Gasteiger partial charge is 0.227 e. The Morgan fingerprint density at radius 1 is 1.35 bits per heavy atom. The first-order chi connectivity index (χ1) is 8.19. The first-order valence-corrected chi connectivity index (χ1v) is 5.90. The van der Waals surface area contributed by atoms with Gasteiger partial charge in [-0.25, -0.2) is 4.39 Å². The van der Waals surface area contributed by atoms with Gasteiger partial charge < -0.3 is 10.6 Å². The van der Waals surface area contributed by atoms with Gasteiger partial charge in [-0.1, -0.05) is 25.1 Å². The van der Waals surface area contributed by atoms with Gasteiger partial charge in [0.25, 0.3) is 0 Å². The number of rotatable bonds is 6. The zero-order chi connectivity index (χ0) is 12.7. The van der Waals surface area contributed by atoms with Gasteiger partial charge in [0.05, 0.1) is 6.42 Å². The van der Waals surface area contributed by atoms with E-state index in [0.29, 0.717) is 25.2 Å². The van der Waals surface area contributed by atoms with E-state index in [1.807, 2.05) is 6.92 Å². The van der Waals surface area contributed by atoms with Gasteiger partial charge >= 0.3 is 0 Å². The van der Waals surface area contributed by atoms with Crippen molar-refractivity contribution in [3.63, 3.8) is 0 Å². The minimum atomic E-state index is -0.329. The Morgan fingerprint density at radius 3 is 2.65 bits per heavy atom. The molecule has 17 heavy (non-hydrogen) atoms. The zero-order valence-corrected chi connectivity index (χ0v) is 10.2. The van der Waals surface area contributed by atoms with Crippen LogP contribution in [0.1, 0.15) is 18.9 Å². The molecule has 2 N–H and O–H groups in total. The summed E-state index contributed by atoms with van der Waals surface area (Å²) in [5.74, 6) is -0.396. The minimum absolute atomic E-state index is 0.0672. The predicted molar refractivity (Wildman–Crippen MR) is 66.0 cm³/mol. The molecule has 3 nitrogen and oxygen atoms in total. The van der Waals surface area contributed by atoms with Gasteiger partial charge in [0.15, 0.2) is 0 Å². The van der Waals surface area contributed by atoms with Gasteiger partial charge in [-0.3, -0.25) is 4.79 Å². The Morgan fingerprint density at radius 2 is 2.06 bits per heavy atom. The summed E-state index contributed by atoms with van der Waals surface area (Å²) in [7, 11) is 0. The number of carbonyl (C=O) groups is 1. The molecule has 1 amide bonds. The van der Waals surface area contributed by atoms with Crippen LogP contribution in [0.2, 0.25) is 0 Å². The van der Waals surface area contributed by atoms with Crippen molar-refractivity contribution >= 4 is 5.91 Å². The van der Waals surface area contributed by atoms with E-state index in [-0.39, 0.29) is 18.1 Å². The second-order valence-electron chi connectivity index (χ2n) is 3.94. The summed E-state index contributed by atoms with van der Waals surface area (Å²) in [5, 5.41) is 0. The molecule has 4 heteroatoms. The van der Waals surface area contributed by atoms with Crippen LogP contribution in [0.25, 0.3) is 0 Å². The van der Waals surface area contributed by atoms with Crippen LogP contribution in [0.4, 0.5) is 4.39 Å². The molecule has 0 spiro atoms. The highest BCUT2D eigenvalue weighted by atomic mass is 19.1. The highest BCUT2D eigenvalue weighted by Gasteiger charge is 2.14. The standard InChI is InChI=1S/C13H19FN2O/c1-2-8-16(9-7-15)13(17)10-11-5-3-4-6-12(11)14/h3-6H,2,7-10,15H2,1H3. The summed E-state index contributed by atoms with van der Waals surface area (Å²) in [6.07, 6.45) is 0.982. The van der Waals surface area contributed by atoms with E-state index in [1.165, 1.54) is 6.07 Å². The molecule has 0 bridgehead atoms. The average Bonchev–Trinajstić information content (AvgIpc) is 2.32. The monoisotopic (exact) mass is 238 g/mol. The number of benzene rings is 1. The number of carbonyl (C=O) groups excluding carboxylic acids is 1. The maximum atomic E-state index is 13.4. The second kappa shape index (κ2) is 7.01. The van der Waals surface area contributed by atoms with Crippen LogP contribution >= 0.6 is 0 Å². The molecule has 0 aliphatic rings. The largest absolute Gasteiger partial charge is 0.341 e. The third kappa shape index (κ3) is 4.15. The van der Waals surface area contributed by atoms with Gasteiger partial charge in [-0.15, -0.1) is 0 Å². The van der Waals surface area contributed by atoms with E-state index in [4.69, 9.17) is 5.73 Å². The van der Waals surface area contributed by atoms with Crippen molar-refractivity contribution in [2.24, 2.45) is 5.73 Å². The summed E-state index contributed by atoms with van der Waals surface area (Å²) in [6, 6.07) is 6.36. The molecule has 0 aliphatic heterocycles. The van der Waals surface area contributed by atoms with Crippen LogP contribution in [0.5, 0.6) is 0 Å². The fourth-order valence-corrected chi connectivity index (χ4v) is 1.70. The van der Waals surface area contributed by atoms with Gasteiger partial charge in [0.1, 0.15) is 5.82 Å². The number of amides is 1. The maximum Gasteiger partial charge on any atom is 0.227 e. The first kappa shape index (κ1) is 13.6. The quantitative estimate of drug-likeness (QED) is 0.817. The van der Waals surface area contributed by atoms with Gasteiger partial charge in [-0.2, -0.15) is 0 Å². The lowest BCUT2D eigenvalue weighted by Gasteiger charge is -2.21. The molecule has 94 valence electrons. The predicted octanol–water partition coefficient (Wildman–Crippen LogP) is 1.57. The lowest BCUT2D eigenvalue weighted by atomic mass is 10.1. The lowest BCUT2D eigenvalue weighted by Crippen LogP contribution is -2.37. The molecule has 0 aromatic heterocycles. The molecule has 0 radical (unpaired) electrons. The van der Waals surface area contributed by atoms with Crippen molar-refractivity contribution in [3.8, 4) is 0 Å². The van der Waals surface area contributed by atoms with E-state index in [1.54, 1.807) is 23.1 Å². The Labute approximate surface area is 101 Å². The summed E-state index contributed by atoms with van der Waals surface area (Å²) >= 11 is 0. The maximum absolute atomic E-state index is 13.4. The molecule has 0 aliphatic carbocycles. The van der Waals surface area contributed by atoms with Crippen molar-refractivity contribution in [2.45, 2.75) is 19.8 Å². The topological polar surface area (TPSA) is 46.3 Å². The molecular weight excluding hydrogens is 219 g/mol. The van der Waals surface area contributed by atoms with Gasteiger partial charge in [0, 0.05) is 19.6 Å². The molecule has 0 saturated heterocycles. The normalized spacial score (nSPS) is 10.3. The molecule has 1 aromatic rings. The Kier molecular flexibility index (Phi) is 5.63. The second-order valence-corrected chi connectivity index (χ2v) is 3.94. The molecule has 0 atom stereocenters. The number of hydrogen-bond donors (Lipinski definition) is 1. The minimum Gasteiger partial charge on any atom is -0.341 e. The summed E-state index contributed by atoms with van der Waals surface area (Å²) in [6.45, 7) is 3.63. The third-order valence-corrected chi connectivity index (χ3v) is 2.54. The SMILES string of the molecule is CCCN(CCN)C(=O)Cc1ccccc1F. The van der Waals surface area contributed by atoms with Crippen molar-refractivity contribution in [1.29, 1.82) is 0 Å². The average molecular weight is 238 g/mol. The summed E-state index contributed by atoms with van der Waals surface area (Å²) in [4.78, 5) is 13.6. The molecule has 1 rings (SSSR count). The van der Waals surface area contributed by atoms with Crippen molar-refractivity contribution in [2.75, 3.05) is 19.6 Å². The lowest BCUT2D eigenvalue weighted by molar-refractivity contribution is -0.130. The van der Waals surface area contributed by atoms with Crippen molar-refractivity contribution in [3.05, 3.63) is 35.6 Å². The number of hydrogen-bond acceptors (Lipinski definition) is 2. The van der Waals surface area contributed by atoms with Crippen molar-refractivity contribution < 1.29 is 9.18 Å². The fourth-order valence-electron chi connectivity index (χ4n) is 1.70. The van der Waals surface area contributed by atoms with Crippen LogP contribution in [0, 0.1) is 5.82 Å². The number of nitrogens with two attached hydrogens (primary N) is 1. The Hall–Kier alpha value is -1.42. The van der Waals surface area contributed by atoms with Crippen LogP contribution in [0.3, 0.4) is 0 Å². The Bertz CT molecular complexity index is 362. The fraction of sp³-hybridized carbons (Fsp3) is 0.462. The van der Waals surface area contributed by atoms with E-state index in [0.717, 1.165) is 6.42 Å². The Balaban J connectivity index is 2.66. The van der Waals surface area contributed by atoms with E-state index >= 15 is 0 Å². The highest BCUT2D eigenvalue weighted by Crippen LogP contribution is 2.08. The van der Waals surface area contributed by atoms with Gasteiger partial charge in [0.2, 0.25) is 5.91 Å². The molecule has 1 aromatic carbocycles. The summed E-state index contributed by atoms with van der Waals surface area (Å²) < 4.78 is 13.4. The molecule has 0 heterocycles. The van der Waals surface area contributed by atoms with E-state index in [2.05, 4.69) is 0 Å². The van der Waals surface area contributed by atoms with Crippen LogP contribution < -0.4 is 5.73 Å². The zero-order valence-electron chi connectivity index (χ0n) is 10.2. The molecular formula is C13H19FN2O. The van der Waals surface area contributed by atoms with Gasteiger partial charge in [-0.05, 0) is 18.1 Å². The first-order valence-electron chi connectivity index (χ1n) is 5.90. The number of nitrogens with zero attached hydrogens (tertiary/aromatic N) is 1. The van der Waals surface area contributed by atoms with Crippen LogP contribution in [0.15, 0.2) is 24.3 Å². The third-order valence-electron chi connectivity index (χ3n) is 2.54. The van der Waals surface area contributed by atoms with Crippen molar-refractivity contribution in [1.82, 2.24) is 4.90 Å². The summed E-state index contributed by atoms with van der Waals surface area (Å²) in [5.41, 5.74) is 5.89. The molecule has 0 saturated carbocycles. The van der Waals surface area contributed by atoms with Crippen LogP contribution in [-0.2, 0) is 11.2 Å². The van der Waals surface area contributed by atoms with E-state index in [9.17, 15) is 9.18 Å². The molecule has 0 unspecified atom stereocenters. The number of halogens is 1. The van der Waals surface area contributed by atoms with E-state index < -0.39 is 0 Å². The molecule has 0 fully saturated rings. The highest BCUT2D eigenvalue weighted by molar-refractivity contribution is 5.78.